The van der Waals surface area contributed by atoms with E-state index in [1.807, 2.05) is 40.1 Å². The Kier molecular flexibility index (Phi) is 7.16. The number of carbonyl (C=O) groups excluding carboxylic acids is 1. The van der Waals surface area contributed by atoms with E-state index < -0.39 is 0 Å². The zero-order chi connectivity index (χ0) is 28.7. The minimum atomic E-state index is -0.320. The largest absolute Gasteiger partial charge is 0.418 e. The molecule has 0 amide bonds. The zero-order valence-electron chi connectivity index (χ0n) is 23.9. The summed E-state index contributed by atoms with van der Waals surface area (Å²) in [5.74, 6) is 0.907. The van der Waals surface area contributed by atoms with Gasteiger partial charge in [-0.3, -0.25) is 14.4 Å². The monoisotopic (exact) mass is 556 g/mol. The molecule has 0 bridgehead atoms. The van der Waals surface area contributed by atoms with Crippen molar-refractivity contribution < 1.29 is 14.3 Å². The Balaban J connectivity index is 1.28. The molecular weight excluding hydrogens is 520 g/mol. The number of rotatable bonds is 7. The summed E-state index contributed by atoms with van der Waals surface area (Å²) in [6.45, 7) is 7.55. The highest BCUT2D eigenvalue weighted by atomic mass is 16.4. The molecule has 0 radical (unpaired) electrons. The second kappa shape index (κ2) is 10.8. The predicted molar refractivity (Wildman–Crippen MR) is 153 cm³/mol. The van der Waals surface area contributed by atoms with E-state index >= 15 is 0 Å². The topological polar surface area (TPSA) is 135 Å². The first kappa shape index (κ1) is 27.2. The Bertz CT molecular complexity index is 1550. The lowest BCUT2D eigenvalue weighted by Crippen LogP contribution is -2.46. The van der Waals surface area contributed by atoms with Crippen LogP contribution in [-0.2, 0) is 19.0 Å². The smallest absolute Gasteiger partial charge is 0.284 e. The van der Waals surface area contributed by atoms with E-state index in [4.69, 9.17) is 9.40 Å². The first-order chi connectivity index (χ1) is 19.6. The second-order valence-corrected chi connectivity index (χ2v) is 12.2. The van der Waals surface area contributed by atoms with Crippen LogP contribution in [0.25, 0.3) is 11.3 Å². The molecule has 1 saturated carbocycles. The maximum absolute atomic E-state index is 13.3. The number of ketones is 1. The molecule has 2 N–H and O–H groups in total. The molecule has 11 nitrogen and oxygen atoms in total. The molecule has 4 heterocycles. The SMILES string of the molecule is Cn1cc(Nc2nccc(-c3ccc4c(c3)CN(C3CC(O)C3)CCC4CC(=O)c3nnc(C(C)(C)C)o3)n2)cn1. The number of aromatic nitrogens is 6. The quantitative estimate of drug-likeness (QED) is 0.316. The van der Waals surface area contributed by atoms with Gasteiger partial charge in [0, 0.05) is 49.4 Å². The average Bonchev–Trinajstić information content (AvgIpc) is 3.54. The molecule has 1 atom stereocenters. The molecule has 1 unspecified atom stereocenters. The van der Waals surface area contributed by atoms with Gasteiger partial charge in [-0.1, -0.05) is 32.9 Å². The van der Waals surface area contributed by atoms with Crippen molar-refractivity contribution >= 4 is 17.4 Å². The van der Waals surface area contributed by atoms with Gasteiger partial charge in [0.15, 0.2) is 0 Å². The van der Waals surface area contributed by atoms with Crippen LogP contribution in [0, 0.1) is 0 Å². The Morgan fingerprint density at radius 3 is 2.73 bits per heavy atom. The summed E-state index contributed by atoms with van der Waals surface area (Å²) >= 11 is 0. The van der Waals surface area contributed by atoms with Crippen LogP contribution >= 0.6 is 0 Å². The number of nitrogens with zero attached hydrogens (tertiary/aromatic N) is 7. The summed E-state index contributed by atoms with van der Waals surface area (Å²) in [5, 5.41) is 25.6. The van der Waals surface area contributed by atoms with Gasteiger partial charge in [0.05, 0.1) is 23.7 Å². The molecule has 0 saturated heterocycles. The number of fused-ring (bicyclic) bond motifs is 1. The van der Waals surface area contributed by atoms with Crippen LogP contribution in [0.15, 0.2) is 47.3 Å². The summed E-state index contributed by atoms with van der Waals surface area (Å²) in [7, 11) is 1.86. The Hall–Kier alpha value is -3.96. The Labute approximate surface area is 239 Å². The van der Waals surface area contributed by atoms with Crippen molar-refractivity contribution in [2.24, 2.45) is 7.05 Å². The molecule has 0 spiro atoms. The predicted octanol–water partition coefficient (Wildman–Crippen LogP) is 4.39. The van der Waals surface area contributed by atoms with Gasteiger partial charge in [0.1, 0.15) is 0 Å². The van der Waals surface area contributed by atoms with Crippen LogP contribution in [0.4, 0.5) is 11.6 Å². The van der Waals surface area contributed by atoms with Gasteiger partial charge in [-0.25, -0.2) is 9.97 Å². The van der Waals surface area contributed by atoms with Gasteiger partial charge in [-0.05, 0) is 55.0 Å². The van der Waals surface area contributed by atoms with Crippen molar-refractivity contribution in [2.75, 3.05) is 11.9 Å². The van der Waals surface area contributed by atoms with Crippen LogP contribution in [0.1, 0.15) is 80.1 Å². The van der Waals surface area contributed by atoms with E-state index in [2.05, 4.69) is 48.7 Å². The molecule has 1 aliphatic heterocycles. The number of anilines is 2. The standard InChI is InChI=1S/C30H36N8O3/c1-30(2,3)28-36-35-27(41-28)26(40)12-18-8-10-38(22-13-23(39)14-22)16-20-11-19(5-6-24(18)20)25-7-9-31-29(34-25)33-21-15-32-37(4)17-21/h5-7,9,11,15,17-18,22-23,39H,8,10,12-14,16H2,1-4H3,(H,31,33,34). The fourth-order valence-electron chi connectivity index (χ4n) is 5.60. The summed E-state index contributed by atoms with van der Waals surface area (Å²) < 4.78 is 7.48. The van der Waals surface area contributed by atoms with Crippen molar-refractivity contribution in [2.45, 2.75) is 76.5 Å². The van der Waals surface area contributed by atoms with E-state index in [-0.39, 0.29) is 29.1 Å². The van der Waals surface area contributed by atoms with Gasteiger partial charge in [0.2, 0.25) is 17.6 Å². The molecule has 2 aliphatic rings. The number of aliphatic hydroxyl groups is 1. The van der Waals surface area contributed by atoms with E-state index in [9.17, 15) is 9.90 Å². The molecule has 1 fully saturated rings. The Morgan fingerprint density at radius 1 is 1.20 bits per heavy atom. The highest BCUT2D eigenvalue weighted by Gasteiger charge is 2.35. The third-order valence-electron chi connectivity index (χ3n) is 7.97. The van der Waals surface area contributed by atoms with Crippen molar-refractivity contribution in [3.8, 4) is 11.3 Å². The first-order valence-corrected chi connectivity index (χ1v) is 14.1. The maximum Gasteiger partial charge on any atom is 0.284 e. The average molecular weight is 557 g/mol. The van der Waals surface area contributed by atoms with Gasteiger partial charge >= 0.3 is 0 Å². The Morgan fingerprint density at radius 2 is 2.02 bits per heavy atom. The number of Topliss-reactive ketones (excluding diaryl/α,β-unsaturated/α-hetero) is 1. The molecule has 1 aliphatic carbocycles. The van der Waals surface area contributed by atoms with Crippen molar-refractivity contribution in [3.05, 3.63) is 65.8 Å². The van der Waals surface area contributed by atoms with Crippen molar-refractivity contribution in [3.63, 3.8) is 0 Å². The second-order valence-electron chi connectivity index (χ2n) is 12.2. The van der Waals surface area contributed by atoms with E-state index in [1.54, 1.807) is 17.1 Å². The molecular formula is C30H36N8O3. The van der Waals surface area contributed by atoms with Crippen molar-refractivity contribution in [1.82, 2.24) is 34.8 Å². The number of aryl methyl sites for hydroxylation is 1. The van der Waals surface area contributed by atoms with Gasteiger partial charge < -0.3 is 14.8 Å². The first-order valence-electron chi connectivity index (χ1n) is 14.1. The number of hydrogen-bond acceptors (Lipinski definition) is 10. The van der Waals surface area contributed by atoms with E-state index in [0.29, 0.717) is 24.3 Å². The molecule has 1 aromatic carbocycles. The zero-order valence-corrected chi connectivity index (χ0v) is 23.9. The molecule has 6 rings (SSSR count). The highest BCUT2D eigenvalue weighted by molar-refractivity contribution is 5.92. The van der Waals surface area contributed by atoms with E-state index in [1.165, 1.54) is 5.56 Å². The van der Waals surface area contributed by atoms with Crippen LogP contribution < -0.4 is 5.32 Å². The number of benzene rings is 1. The molecule has 11 heteroatoms. The third kappa shape index (κ3) is 5.91. The van der Waals surface area contributed by atoms with Gasteiger partial charge in [-0.15, -0.1) is 10.2 Å². The molecule has 214 valence electrons. The number of aliphatic hydroxyl groups excluding tert-OH is 1. The molecule has 3 aromatic heterocycles. The minimum Gasteiger partial charge on any atom is -0.418 e. The highest BCUT2D eigenvalue weighted by Crippen LogP contribution is 2.37. The summed E-state index contributed by atoms with van der Waals surface area (Å²) in [4.78, 5) is 24.9. The van der Waals surface area contributed by atoms with Crippen LogP contribution in [0.5, 0.6) is 0 Å². The van der Waals surface area contributed by atoms with Crippen LogP contribution in [0.2, 0.25) is 0 Å². The van der Waals surface area contributed by atoms with E-state index in [0.717, 1.165) is 54.9 Å². The molecule has 41 heavy (non-hydrogen) atoms. The fraction of sp³-hybridized carbons (Fsp3) is 0.467. The summed E-state index contributed by atoms with van der Waals surface area (Å²) in [6, 6.07) is 8.62. The summed E-state index contributed by atoms with van der Waals surface area (Å²) in [5.41, 5.74) is 4.60. The van der Waals surface area contributed by atoms with Crippen LogP contribution in [-0.4, -0.2) is 64.4 Å². The lowest BCUT2D eigenvalue weighted by molar-refractivity contribution is -0.00185. The third-order valence-corrected chi connectivity index (χ3v) is 7.97. The van der Waals surface area contributed by atoms with Gasteiger partial charge in [-0.2, -0.15) is 5.10 Å². The normalized spacial score (nSPS) is 21.1. The summed E-state index contributed by atoms with van der Waals surface area (Å²) in [6.07, 6.45) is 7.80. The fourth-order valence-corrected chi connectivity index (χ4v) is 5.60. The van der Waals surface area contributed by atoms with Gasteiger partial charge in [0.25, 0.3) is 5.89 Å². The minimum absolute atomic E-state index is 0.0137. The van der Waals surface area contributed by atoms with Crippen LogP contribution in [0.3, 0.4) is 0 Å². The molecule has 4 aromatic rings. The van der Waals surface area contributed by atoms with Crippen molar-refractivity contribution in [1.29, 1.82) is 0 Å². The maximum atomic E-state index is 13.3. The number of hydrogen-bond donors (Lipinski definition) is 2. The lowest BCUT2D eigenvalue weighted by Gasteiger charge is -2.40. The number of carbonyl (C=O) groups is 1. The number of nitrogens with one attached hydrogen (secondary N) is 1. The lowest BCUT2D eigenvalue weighted by atomic mass is 9.87.